The minimum absolute atomic E-state index is 0.00534. The summed E-state index contributed by atoms with van der Waals surface area (Å²) in [5.74, 6) is -1.30. The lowest BCUT2D eigenvalue weighted by Gasteiger charge is -2.17. The average molecular weight is 465 g/mol. The van der Waals surface area contributed by atoms with E-state index < -0.39 is 27.7 Å². The van der Waals surface area contributed by atoms with Gasteiger partial charge in [-0.1, -0.05) is 31.9 Å². The Morgan fingerprint density at radius 2 is 1.62 bits per heavy atom. The molecule has 0 heterocycles. The number of aryl methyl sites for hydroxylation is 1. The third-order valence-corrected chi connectivity index (χ3v) is 5.64. The first-order chi connectivity index (χ1) is 15.1. The van der Waals surface area contributed by atoms with E-state index in [0.717, 1.165) is 19.3 Å². The number of likely N-dealkylation sites (N-methyl/N-ethyl adjacent to an activating group) is 1. The fourth-order valence-corrected chi connectivity index (χ4v) is 4.01. The van der Waals surface area contributed by atoms with Gasteiger partial charge < -0.3 is 10.6 Å². The molecule has 0 saturated carbocycles. The Balaban J connectivity index is 1.95. The number of anilines is 2. The number of unbranched alkanes of at least 4 members (excludes halogenated alkanes) is 2. The average Bonchev–Trinajstić information content (AvgIpc) is 2.68. The summed E-state index contributed by atoms with van der Waals surface area (Å²) in [6.45, 7) is 1.85. The van der Waals surface area contributed by atoms with Gasteiger partial charge in [0.2, 0.25) is 21.8 Å². The molecule has 0 fully saturated rings. The Morgan fingerprint density at radius 3 is 2.19 bits per heavy atom. The van der Waals surface area contributed by atoms with E-state index in [0.29, 0.717) is 23.4 Å². The van der Waals surface area contributed by atoms with Gasteiger partial charge in [-0.05, 0) is 55.8 Å². The molecule has 174 valence electrons. The Bertz CT molecular complexity index is 1060. The minimum atomic E-state index is -3.94. The van der Waals surface area contributed by atoms with Crippen molar-refractivity contribution in [2.45, 2.75) is 37.5 Å². The molecule has 8 nitrogen and oxygen atoms in total. The maximum Gasteiger partial charge on any atom is 0.238 e. The number of nitrogens with zero attached hydrogens (tertiary/aromatic N) is 1. The first-order valence-corrected chi connectivity index (χ1v) is 11.8. The van der Waals surface area contributed by atoms with Crippen LogP contribution in [0.5, 0.6) is 0 Å². The topological polar surface area (TPSA) is 122 Å². The lowest BCUT2D eigenvalue weighted by molar-refractivity contribution is -0.119. The van der Waals surface area contributed by atoms with E-state index in [-0.39, 0.29) is 18.0 Å². The first-order valence-electron chi connectivity index (χ1n) is 10.3. The number of benzene rings is 2. The van der Waals surface area contributed by atoms with E-state index in [9.17, 15) is 22.4 Å². The zero-order chi connectivity index (χ0) is 23.7. The van der Waals surface area contributed by atoms with Crippen LogP contribution in [-0.4, -0.2) is 45.3 Å². The molecule has 2 aromatic rings. The van der Waals surface area contributed by atoms with Crippen molar-refractivity contribution in [2.24, 2.45) is 5.14 Å². The van der Waals surface area contributed by atoms with Gasteiger partial charge in [-0.15, -0.1) is 0 Å². The summed E-state index contributed by atoms with van der Waals surface area (Å²) >= 11 is 0. The molecule has 2 rings (SSSR count). The van der Waals surface area contributed by atoms with Crippen molar-refractivity contribution < 1.29 is 22.4 Å². The molecule has 0 aliphatic carbocycles. The van der Waals surface area contributed by atoms with Gasteiger partial charge in [0.05, 0.1) is 18.0 Å². The molecule has 0 radical (unpaired) electrons. The number of halogens is 1. The number of carbonyl (C=O) groups excluding carboxylic acids is 2. The molecule has 4 N–H and O–H groups in total. The van der Waals surface area contributed by atoms with Crippen LogP contribution < -0.4 is 15.8 Å². The number of hydrogen-bond donors (Lipinski definition) is 3. The Morgan fingerprint density at radius 1 is 1.00 bits per heavy atom. The van der Waals surface area contributed by atoms with Crippen molar-refractivity contribution in [1.82, 2.24) is 4.90 Å². The number of nitrogens with one attached hydrogen (secondary N) is 2. The maximum absolute atomic E-state index is 13.2. The van der Waals surface area contributed by atoms with Crippen molar-refractivity contribution in [3.05, 3.63) is 53.8 Å². The SMILES string of the molecule is CCCCCc1ccc(NC(=O)CN(C)CC(=O)Nc2cccc(F)c2)cc1S(N)(=O)=O. The van der Waals surface area contributed by atoms with Crippen molar-refractivity contribution in [3.63, 3.8) is 0 Å². The van der Waals surface area contributed by atoms with Crippen LogP contribution in [0.25, 0.3) is 0 Å². The Labute approximate surface area is 188 Å². The van der Waals surface area contributed by atoms with Crippen LogP contribution in [0.15, 0.2) is 47.4 Å². The Hall–Kier alpha value is -2.82. The van der Waals surface area contributed by atoms with Crippen LogP contribution in [0.3, 0.4) is 0 Å². The van der Waals surface area contributed by atoms with Gasteiger partial charge in [-0.25, -0.2) is 17.9 Å². The number of hydrogen-bond acceptors (Lipinski definition) is 5. The van der Waals surface area contributed by atoms with Gasteiger partial charge in [0.25, 0.3) is 0 Å². The van der Waals surface area contributed by atoms with E-state index in [4.69, 9.17) is 5.14 Å². The summed E-state index contributed by atoms with van der Waals surface area (Å²) in [6.07, 6.45) is 3.40. The molecule has 0 aromatic heterocycles. The molecule has 0 aliphatic heterocycles. The van der Waals surface area contributed by atoms with Crippen LogP contribution >= 0.6 is 0 Å². The van der Waals surface area contributed by atoms with Crippen LogP contribution in [0.2, 0.25) is 0 Å². The molecule has 0 unspecified atom stereocenters. The number of carbonyl (C=O) groups is 2. The predicted molar refractivity (Wildman–Crippen MR) is 122 cm³/mol. The van der Waals surface area contributed by atoms with Crippen LogP contribution in [0, 0.1) is 5.82 Å². The first kappa shape index (κ1) is 25.4. The maximum atomic E-state index is 13.2. The molecular weight excluding hydrogens is 435 g/mol. The molecule has 0 saturated heterocycles. The summed E-state index contributed by atoms with van der Waals surface area (Å²) in [4.78, 5) is 25.9. The standard InChI is InChI=1S/C22H29FN4O4S/c1-3-4-5-7-16-10-11-19(13-20(16)32(24,30)31)26-22(29)15-27(2)14-21(28)25-18-9-6-8-17(23)12-18/h6,8-13H,3-5,7,14-15H2,1-2H3,(H,25,28)(H,26,29)(H2,24,30,31). The number of amides is 2. The van der Waals surface area contributed by atoms with Crippen LogP contribution in [-0.2, 0) is 26.0 Å². The zero-order valence-corrected chi connectivity index (χ0v) is 19.0. The molecule has 0 atom stereocenters. The van der Waals surface area contributed by atoms with Gasteiger partial charge in [0.15, 0.2) is 0 Å². The fraction of sp³-hybridized carbons (Fsp3) is 0.364. The van der Waals surface area contributed by atoms with E-state index >= 15 is 0 Å². The molecule has 0 spiro atoms. The zero-order valence-electron chi connectivity index (χ0n) is 18.2. The van der Waals surface area contributed by atoms with E-state index in [1.165, 1.54) is 29.2 Å². The molecule has 2 aromatic carbocycles. The highest BCUT2D eigenvalue weighted by Gasteiger charge is 2.16. The van der Waals surface area contributed by atoms with Crippen LogP contribution in [0.1, 0.15) is 31.7 Å². The van der Waals surface area contributed by atoms with E-state index in [1.807, 2.05) is 0 Å². The third kappa shape index (κ3) is 8.37. The largest absolute Gasteiger partial charge is 0.325 e. The lowest BCUT2D eigenvalue weighted by atomic mass is 10.1. The molecular formula is C22H29FN4O4S. The number of nitrogens with two attached hydrogens (primary N) is 1. The second-order valence-corrected chi connectivity index (χ2v) is 9.13. The van der Waals surface area contributed by atoms with Gasteiger partial charge in [0.1, 0.15) is 5.82 Å². The number of sulfonamides is 1. The van der Waals surface area contributed by atoms with Gasteiger partial charge in [0, 0.05) is 11.4 Å². The second-order valence-electron chi connectivity index (χ2n) is 7.60. The normalized spacial score (nSPS) is 11.4. The molecule has 10 heteroatoms. The quantitative estimate of drug-likeness (QED) is 0.442. The van der Waals surface area contributed by atoms with Gasteiger partial charge in [-0.3, -0.25) is 14.5 Å². The second kappa shape index (κ2) is 11.7. The third-order valence-electron chi connectivity index (χ3n) is 4.64. The van der Waals surface area contributed by atoms with Crippen molar-refractivity contribution in [1.29, 1.82) is 0 Å². The summed E-state index contributed by atoms with van der Waals surface area (Å²) in [6, 6.07) is 10.1. The van der Waals surface area contributed by atoms with Crippen LogP contribution in [0.4, 0.5) is 15.8 Å². The lowest BCUT2D eigenvalue weighted by Crippen LogP contribution is -2.36. The summed E-state index contributed by atoms with van der Waals surface area (Å²) in [5.41, 5.74) is 1.24. The highest BCUT2D eigenvalue weighted by atomic mass is 32.2. The summed E-state index contributed by atoms with van der Waals surface area (Å²) in [7, 11) is -2.36. The monoisotopic (exact) mass is 464 g/mol. The summed E-state index contributed by atoms with van der Waals surface area (Å²) < 4.78 is 37.2. The predicted octanol–water partition coefficient (Wildman–Crippen LogP) is 2.71. The fourth-order valence-electron chi connectivity index (χ4n) is 3.18. The van der Waals surface area contributed by atoms with E-state index in [2.05, 4.69) is 17.6 Å². The summed E-state index contributed by atoms with van der Waals surface area (Å²) in [5, 5.41) is 10.5. The van der Waals surface area contributed by atoms with Gasteiger partial charge in [-0.2, -0.15) is 0 Å². The highest BCUT2D eigenvalue weighted by molar-refractivity contribution is 7.89. The van der Waals surface area contributed by atoms with Crippen molar-refractivity contribution in [3.8, 4) is 0 Å². The van der Waals surface area contributed by atoms with E-state index in [1.54, 1.807) is 25.2 Å². The highest BCUT2D eigenvalue weighted by Crippen LogP contribution is 2.22. The smallest absolute Gasteiger partial charge is 0.238 e. The number of rotatable bonds is 11. The number of primary sulfonamides is 1. The molecule has 0 aliphatic rings. The molecule has 32 heavy (non-hydrogen) atoms. The molecule has 2 amide bonds. The van der Waals surface area contributed by atoms with Crippen molar-refractivity contribution in [2.75, 3.05) is 30.8 Å². The Kier molecular flexibility index (Phi) is 9.30. The van der Waals surface area contributed by atoms with Crippen molar-refractivity contribution >= 4 is 33.2 Å². The molecule has 0 bridgehead atoms. The minimum Gasteiger partial charge on any atom is -0.325 e. The van der Waals surface area contributed by atoms with Gasteiger partial charge >= 0.3 is 0 Å².